The molecule has 3 rings (SSSR count). The van der Waals surface area contributed by atoms with Crippen molar-refractivity contribution in [2.45, 2.75) is 11.0 Å². The maximum atomic E-state index is 4.53. The summed E-state index contributed by atoms with van der Waals surface area (Å²) in [4.78, 5) is 8.92. The Morgan fingerprint density at radius 1 is 0.762 bits per heavy atom. The van der Waals surface area contributed by atoms with Gasteiger partial charge >= 0.3 is 0 Å². The monoisotopic (exact) mass is 292 g/mol. The molecule has 0 bridgehead atoms. The van der Waals surface area contributed by atoms with Gasteiger partial charge in [-0.2, -0.15) is 0 Å². The van der Waals surface area contributed by atoms with Crippen molar-refractivity contribution < 1.29 is 0 Å². The van der Waals surface area contributed by atoms with Crippen molar-refractivity contribution in [1.29, 1.82) is 0 Å². The van der Waals surface area contributed by atoms with Crippen LogP contribution >= 0.6 is 11.8 Å². The minimum Gasteiger partial charge on any atom is -0.260 e. The third-order valence-corrected chi connectivity index (χ3v) is 4.49. The second-order valence-corrected chi connectivity index (χ2v) is 5.77. The van der Waals surface area contributed by atoms with E-state index >= 15 is 0 Å². The van der Waals surface area contributed by atoms with E-state index in [-0.39, 0.29) is 5.25 Å². The van der Waals surface area contributed by atoms with Crippen molar-refractivity contribution >= 4 is 11.8 Å². The number of hydrogen-bond donors (Lipinski definition) is 0. The summed E-state index contributed by atoms with van der Waals surface area (Å²) >= 11 is 1.86. The molecule has 21 heavy (non-hydrogen) atoms. The van der Waals surface area contributed by atoms with Gasteiger partial charge in [0.15, 0.2) is 0 Å². The van der Waals surface area contributed by atoms with Gasteiger partial charge in [-0.15, -0.1) is 11.8 Å². The lowest BCUT2D eigenvalue weighted by molar-refractivity contribution is 1.04. The first kappa shape index (κ1) is 13.8. The smallest absolute Gasteiger partial charge is 0.0723 e. The van der Waals surface area contributed by atoms with E-state index < -0.39 is 0 Å². The third kappa shape index (κ3) is 3.70. The van der Waals surface area contributed by atoms with Gasteiger partial charge < -0.3 is 0 Å². The summed E-state index contributed by atoms with van der Waals surface area (Å²) in [5, 5.41) is 0.231. The average Bonchev–Trinajstić information content (AvgIpc) is 2.58. The molecular formula is C18H16N2S. The highest BCUT2D eigenvalue weighted by Gasteiger charge is 2.15. The number of pyridine rings is 2. The van der Waals surface area contributed by atoms with Gasteiger partial charge in [-0.05, 0) is 29.8 Å². The summed E-state index contributed by atoms with van der Waals surface area (Å²) in [5.41, 5.74) is 3.46. The van der Waals surface area contributed by atoms with Crippen LogP contribution in [0.5, 0.6) is 0 Å². The molecule has 0 aliphatic carbocycles. The van der Waals surface area contributed by atoms with Crippen LogP contribution < -0.4 is 0 Å². The molecule has 0 saturated carbocycles. The topological polar surface area (TPSA) is 25.8 Å². The van der Waals surface area contributed by atoms with Crippen LogP contribution in [-0.4, -0.2) is 9.97 Å². The molecule has 1 atom stereocenters. The fourth-order valence-corrected chi connectivity index (χ4v) is 3.33. The molecule has 0 fully saturated rings. The Kier molecular flexibility index (Phi) is 4.64. The third-order valence-electron chi connectivity index (χ3n) is 3.18. The van der Waals surface area contributed by atoms with Crippen LogP contribution in [0.15, 0.2) is 79.1 Å². The minimum atomic E-state index is 0.231. The molecule has 0 aliphatic heterocycles. The van der Waals surface area contributed by atoms with Crippen molar-refractivity contribution in [3.63, 3.8) is 0 Å². The predicted octanol–water partition coefficient (Wildman–Crippen LogP) is 4.50. The van der Waals surface area contributed by atoms with E-state index in [1.807, 2.05) is 54.5 Å². The highest BCUT2D eigenvalue weighted by Crippen LogP contribution is 2.35. The molecule has 0 spiro atoms. The van der Waals surface area contributed by atoms with E-state index in [1.165, 1.54) is 5.56 Å². The first-order chi connectivity index (χ1) is 10.4. The van der Waals surface area contributed by atoms with Crippen molar-refractivity contribution in [3.05, 3.63) is 96.1 Å². The Labute approximate surface area is 129 Å². The molecule has 0 saturated heterocycles. The Morgan fingerprint density at radius 3 is 2.14 bits per heavy atom. The Balaban J connectivity index is 1.83. The van der Waals surface area contributed by atoms with Gasteiger partial charge in [0.05, 0.1) is 16.6 Å². The van der Waals surface area contributed by atoms with Crippen LogP contribution in [0.3, 0.4) is 0 Å². The maximum Gasteiger partial charge on any atom is 0.0723 e. The number of nitrogens with zero attached hydrogens (tertiary/aromatic N) is 2. The van der Waals surface area contributed by atoms with Crippen LogP contribution in [0, 0.1) is 0 Å². The summed E-state index contributed by atoms with van der Waals surface area (Å²) in [6.45, 7) is 0. The molecule has 1 unspecified atom stereocenters. The molecule has 1 aromatic carbocycles. The van der Waals surface area contributed by atoms with Gasteiger partial charge in [-0.1, -0.05) is 42.5 Å². The maximum absolute atomic E-state index is 4.53. The zero-order valence-electron chi connectivity index (χ0n) is 11.6. The number of hydrogen-bond acceptors (Lipinski definition) is 3. The summed E-state index contributed by atoms with van der Waals surface area (Å²) in [6.07, 6.45) is 3.70. The first-order valence-corrected chi connectivity index (χ1v) is 7.96. The zero-order valence-corrected chi connectivity index (χ0v) is 12.4. The first-order valence-electron chi connectivity index (χ1n) is 6.91. The zero-order chi connectivity index (χ0) is 14.3. The SMILES string of the molecule is c1ccc(C(SCc2ccccn2)c2ccccn2)cc1. The summed E-state index contributed by atoms with van der Waals surface area (Å²) < 4.78 is 0. The number of aromatic nitrogens is 2. The normalized spacial score (nSPS) is 12.0. The van der Waals surface area contributed by atoms with Crippen LogP contribution in [0.4, 0.5) is 0 Å². The lowest BCUT2D eigenvalue weighted by Crippen LogP contribution is -2.00. The van der Waals surface area contributed by atoms with E-state index in [2.05, 4.69) is 46.4 Å². The molecule has 104 valence electrons. The lowest BCUT2D eigenvalue weighted by atomic mass is 10.1. The highest BCUT2D eigenvalue weighted by molar-refractivity contribution is 7.98. The molecule has 0 N–H and O–H groups in total. The molecule has 0 aliphatic rings. The van der Waals surface area contributed by atoms with E-state index in [0.717, 1.165) is 17.1 Å². The minimum absolute atomic E-state index is 0.231. The van der Waals surface area contributed by atoms with E-state index in [0.29, 0.717) is 0 Å². The lowest BCUT2D eigenvalue weighted by Gasteiger charge is -2.16. The molecule has 2 aromatic heterocycles. The van der Waals surface area contributed by atoms with Crippen molar-refractivity contribution in [1.82, 2.24) is 9.97 Å². The number of thioether (sulfide) groups is 1. The van der Waals surface area contributed by atoms with Gasteiger partial charge in [0.2, 0.25) is 0 Å². The fraction of sp³-hybridized carbons (Fsp3) is 0.111. The molecule has 3 aromatic rings. The van der Waals surface area contributed by atoms with Crippen LogP contribution in [-0.2, 0) is 5.75 Å². The molecule has 0 radical (unpaired) electrons. The van der Waals surface area contributed by atoms with E-state index in [9.17, 15) is 0 Å². The van der Waals surface area contributed by atoms with Gasteiger partial charge in [0.1, 0.15) is 0 Å². The van der Waals surface area contributed by atoms with Gasteiger partial charge in [0.25, 0.3) is 0 Å². The van der Waals surface area contributed by atoms with Crippen LogP contribution in [0.2, 0.25) is 0 Å². The second kappa shape index (κ2) is 7.04. The summed E-state index contributed by atoms with van der Waals surface area (Å²) in [5.74, 6) is 0.872. The largest absolute Gasteiger partial charge is 0.260 e. The molecule has 3 heteroatoms. The van der Waals surface area contributed by atoms with Crippen LogP contribution in [0.25, 0.3) is 0 Å². The van der Waals surface area contributed by atoms with Crippen molar-refractivity contribution in [3.8, 4) is 0 Å². The van der Waals surface area contributed by atoms with Crippen molar-refractivity contribution in [2.75, 3.05) is 0 Å². The summed E-state index contributed by atoms with van der Waals surface area (Å²) in [7, 11) is 0. The molecule has 2 heterocycles. The van der Waals surface area contributed by atoms with Gasteiger partial charge in [0, 0.05) is 18.1 Å². The number of rotatable bonds is 5. The Morgan fingerprint density at radius 2 is 1.48 bits per heavy atom. The van der Waals surface area contributed by atoms with E-state index in [1.54, 1.807) is 0 Å². The Hall–Kier alpha value is -2.13. The van der Waals surface area contributed by atoms with Gasteiger partial charge in [-0.3, -0.25) is 9.97 Å². The quantitative estimate of drug-likeness (QED) is 0.692. The average molecular weight is 292 g/mol. The Bertz CT molecular complexity index is 617. The standard InChI is InChI=1S/C18H16N2S/c1-2-8-15(9-3-1)18(17-11-5-7-13-20-17)21-14-16-10-4-6-12-19-16/h1-13,18H,14H2. The van der Waals surface area contributed by atoms with Crippen LogP contribution in [0.1, 0.15) is 22.2 Å². The molecule has 0 amide bonds. The number of benzene rings is 1. The van der Waals surface area contributed by atoms with Crippen molar-refractivity contribution in [2.24, 2.45) is 0 Å². The molecule has 2 nitrogen and oxygen atoms in total. The summed E-state index contributed by atoms with van der Waals surface area (Å²) in [6, 6.07) is 22.6. The van der Waals surface area contributed by atoms with Gasteiger partial charge in [-0.25, -0.2) is 0 Å². The predicted molar refractivity (Wildman–Crippen MR) is 88.1 cm³/mol. The molecular weight excluding hydrogens is 276 g/mol. The van der Waals surface area contributed by atoms with E-state index in [4.69, 9.17) is 0 Å². The fourth-order valence-electron chi connectivity index (χ4n) is 2.16. The highest BCUT2D eigenvalue weighted by atomic mass is 32.2. The second-order valence-electron chi connectivity index (χ2n) is 4.68.